The summed E-state index contributed by atoms with van der Waals surface area (Å²) in [6.07, 6.45) is 0. The molecule has 116 valence electrons. The van der Waals surface area contributed by atoms with E-state index in [1.54, 1.807) is 30.3 Å². The second kappa shape index (κ2) is 6.04. The van der Waals surface area contributed by atoms with Crippen molar-refractivity contribution in [1.82, 2.24) is 4.98 Å². The number of methoxy groups -OCH3 is 1. The molecule has 0 aliphatic carbocycles. The molecule has 1 heterocycles. The molecule has 0 saturated carbocycles. The zero-order valence-corrected chi connectivity index (χ0v) is 12.8. The van der Waals surface area contributed by atoms with Crippen LogP contribution in [0.4, 0.5) is 15.8 Å². The highest BCUT2D eigenvalue weighted by Crippen LogP contribution is 2.27. The largest absolute Gasteiger partial charge is 0.465 e. The molecule has 3 aromatic rings. The van der Waals surface area contributed by atoms with Crippen LogP contribution in [0.25, 0.3) is 10.9 Å². The number of halogens is 1. The Morgan fingerprint density at radius 1 is 1.13 bits per heavy atom. The van der Waals surface area contributed by atoms with E-state index in [-0.39, 0.29) is 11.8 Å². The maximum atomic E-state index is 13.5. The van der Waals surface area contributed by atoms with Crippen molar-refractivity contribution in [2.24, 2.45) is 0 Å². The van der Waals surface area contributed by atoms with Gasteiger partial charge in [-0.05, 0) is 55.5 Å². The fraction of sp³-hybridized carbons (Fsp3) is 0.111. The summed E-state index contributed by atoms with van der Waals surface area (Å²) in [5, 5.41) is 3.94. The van der Waals surface area contributed by atoms with Gasteiger partial charge in [-0.3, -0.25) is 4.98 Å². The zero-order chi connectivity index (χ0) is 16.4. The molecule has 0 radical (unpaired) electrons. The van der Waals surface area contributed by atoms with Crippen LogP contribution in [0.15, 0.2) is 48.5 Å². The summed E-state index contributed by atoms with van der Waals surface area (Å²) in [6, 6.07) is 13.2. The third kappa shape index (κ3) is 3.13. The molecule has 0 spiro atoms. The number of rotatable bonds is 3. The number of aryl methyl sites for hydroxylation is 1. The van der Waals surface area contributed by atoms with Crippen LogP contribution >= 0.6 is 0 Å². The number of anilines is 2. The number of nitrogens with one attached hydrogen (secondary N) is 1. The predicted molar refractivity (Wildman–Crippen MR) is 87.5 cm³/mol. The maximum absolute atomic E-state index is 13.5. The Morgan fingerprint density at radius 3 is 2.57 bits per heavy atom. The minimum absolute atomic E-state index is 0.313. The first kappa shape index (κ1) is 15.0. The summed E-state index contributed by atoms with van der Waals surface area (Å²) in [4.78, 5) is 15.8. The quantitative estimate of drug-likeness (QED) is 0.736. The van der Waals surface area contributed by atoms with Crippen LogP contribution in [0.2, 0.25) is 0 Å². The Balaban J connectivity index is 1.97. The molecule has 2 aromatic carbocycles. The van der Waals surface area contributed by atoms with Crippen molar-refractivity contribution in [2.45, 2.75) is 6.92 Å². The molecule has 0 fully saturated rings. The lowest BCUT2D eigenvalue weighted by Crippen LogP contribution is -2.01. The van der Waals surface area contributed by atoms with Crippen molar-refractivity contribution < 1.29 is 13.9 Å². The molecule has 0 amide bonds. The lowest BCUT2D eigenvalue weighted by molar-refractivity contribution is 0.0601. The van der Waals surface area contributed by atoms with Gasteiger partial charge in [0, 0.05) is 22.5 Å². The molecule has 4 nitrogen and oxygen atoms in total. The van der Waals surface area contributed by atoms with Crippen LogP contribution in [-0.2, 0) is 4.74 Å². The highest BCUT2D eigenvalue weighted by Gasteiger charge is 2.08. The molecule has 0 atom stereocenters. The van der Waals surface area contributed by atoms with Crippen molar-refractivity contribution in [3.05, 3.63) is 65.6 Å². The highest BCUT2D eigenvalue weighted by molar-refractivity contribution is 5.94. The summed E-state index contributed by atoms with van der Waals surface area (Å²) in [5.74, 6) is -0.698. The second-order valence-electron chi connectivity index (χ2n) is 5.17. The standard InChI is InChI=1S/C18H15FN2O2/c1-11-9-17(15-10-13(19)5-8-16(15)20-11)21-14-6-3-12(4-7-14)18(22)23-2/h3-10H,1-2H3,(H,20,21). The van der Waals surface area contributed by atoms with Gasteiger partial charge in [-0.2, -0.15) is 0 Å². The molecule has 1 N–H and O–H groups in total. The second-order valence-corrected chi connectivity index (χ2v) is 5.17. The van der Waals surface area contributed by atoms with E-state index >= 15 is 0 Å². The van der Waals surface area contributed by atoms with Gasteiger partial charge in [0.2, 0.25) is 0 Å². The van der Waals surface area contributed by atoms with E-state index in [2.05, 4.69) is 15.0 Å². The summed E-state index contributed by atoms with van der Waals surface area (Å²) >= 11 is 0. The van der Waals surface area contributed by atoms with E-state index in [9.17, 15) is 9.18 Å². The van der Waals surface area contributed by atoms with Crippen molar-refractivity contribution >= 4 is 28.2 Å². The maximum Gasteiger partial charge on any atom is 0.337 e. The monoisotopic (exact) mass is 310 g/mol. The molecular formula is C18H15FN2O2. The SMILES string of the molecule is COC(=O)c1ccc(Nc2cc(C)nc3ccc(F)cc23)cc1. The molecule has 5 heteroatoms. The molecular weight excluding hydrogens is 295 g/mol. The third-order valence-electron chi connectivity index (χ3n) is 3.48. The van der Waals surface area contributed by atoms with E-state index in [0.29, 0.717) is 10.9 Å². The van der Waals surface area contributed by atoms with Gasteiger partial charge in [0.1, 0.15) is 5.82 Å². The zero-order valence-electron chi connectivity index (χ0n) is 12.8. The number of hydrogen-bond acceptors (Lipinski definition) is 4. The smallest absolute Gasteiger partial charge is 0.337 e. The van der Waals surface area contributed by atoms with Gasteiger partial charge in [0.15, 0.2) is 0 Å². The summed E-state index contributed by atoms with van der Waals surface area (Å²) in [5.41, 5.74) is 3.57. The first-order valence-corrected chi connectivity index (χ1v) is 7.09. The summed E-state index contributed by atoms with van der Waals surface area (Å²) in [7, 11) is 1.34. The van der Waals surface area contributed by atoms with Crippen molar-refractivity contribution in [1.29, 1.82) is 0 Å². The van der Waals surface area contributed by atoms with E-state index < -0.39 is 0 Å². The fourth-order valence-corrected chi connectivity index (χ4v) is 2.40. The number of nitrogens with zero attached hydrogens (tertiary/aromatic N) is 1. The van der Waals surface area contributed by atoms with E-state index in [1.165, 1.54) is 19.2 Å². The molecule has 0 unspecified atom stereocenters. The first-order valence-electron chi connectivity index (χ1n) is 7.09. The molecule has 3 rings (SSSR count). The first-order chi connectivity index (χ1) is 11.1. The lowest BCUT2D eigenvalue weighted by atomic mass is 10.1. The summed E-state index contributed by atoms with van der Waals surface area (Å²) in [6.45, 7) is 1.88. The van der Waals surface area contributed by atoms with Crippen molar-refractivity contribution in [2.75, 3.05) is 12.4 Å². The van der Waals surface area contributed by atoms with Crippen LogP contribution in [0, 0.1) is 12.7 Å². The number of pyridine rings is 1. The van der Waals surface area contributed by atoms with Gasteiger partial charge in [0.05, 0.1) is 18.2 Å². The van der Waals surface area contributed by atoms with E-state index in [1.807, 2.05) is 13.0 Å². The van der Waals surface area contributed by atoms with Crippen LogP contribution in [0.5, 0.6) is 0 Å². The van der Waals surface area contributed by atoms with Gasteiger partial charge < -0.3 is 10.1 Å². The van der Waals surface area contributed by atoms with E-state index in [0.717, 1.165) is 22.6 Å². The van der Waals surface area contributed by atoms with Crippen LogP contribution in [0.1, 0.15) is 16.1 Å². The Morgan fingerprint density at radius 2 is 1.87 bits per heavy atom. The van der Waals surface area contributed by atoms with Gasteiger partial charge in [-0.1, -0.05) is 0 Å². The number of benzene rings is 2. The average Bonchev–Trinajstić information content (AvgIpc) is 2.55. The number of fused-ring (bicyclic) bond motifs is 1. The molecule has 0 aliphatic heterocycles. The average molecular weight is 310 g/mol. The number of hydrogen-bond donors (Lipinski definition) is 1. The normalized spacial score (nSPS) is 10.6. The number of esters is 1. The minimum Gasteiger partial charge on any atom is -0.465 e. The van der Waals surface area contributed by atoms with Gasteiger partial charge in [0.25, 0.3) is 0 Å². The van der Waals surface area contributed by atoms with Gasteiger partial charge in [-0.25, -0.2) is 9.18 Å². The third-order valence-corrected chi connectivity index (χ3v) is 3.48. The van der Waals surface area contributed by atoms with Crippen LogP contribution < -0.4 is 5.32 Å². The minimum atomic E-state index is -0.385. The summed E-state index contributed by atoms with van der Waals surface area (Å²) < 4.78 is 18.2. The van der Waals surface area contributed by atoms with Gasteiger partial charge >= 0.3 is 5.97 Å². The molecule has 0 aliphatic rings. The lowest BCUT2D eigenvalue weighted by Gasteiger charge is -2.11. The highest BCUT2D eigenvalue weighted by atomic mass is 19.1. The Hall–Kier alpha value is -2.95. The Labute approximate surface area is 132 Å². The van der Waals surface area contributed by atoms with E-state index in [4.69, 9.17) is 0 Å². The number of aromatic nitrogens is 1. The predicted octanol–water partition coefficient (Wildman–Crippen LogP) is 4.21. The van der Waals surface area contributed by atoms with Crippen LogP contribution in [0.3, 0.4) is 0 Å². The number of carbonyl (C=O) groups excluding carboxylic acids is 1. The van der Waals surface area contributed by atoms with Crippen LogP contribution in [-0.4, -0.2) is 18.1 Å². The Kier molecular flexibility index (Phi) is 3.93. The number of ether oxygens (including phenoxy) is 1. The molecule has 0 saturated heterocycles. The molecule has 1 aromatic heterocycles. The Bertz CT molecular complexity index is 876. The fourth-order valence-electron chi connectivity index (χ4n) is 2.40. The molecule has 0 bridgehead atoms. The topological polar surface area (TPSA) is 51.2 Å². The van der Waals surface area contributed by atoms with Gasteiger partial charge in [-0.15, -0.1) is 0 Å². The molecule has 23 heavy (non-hydrogen) atoms. The van der Waals surface area contributed by atoms with Crippen molar-refractivity contribution in [3.63, 3.8) is 0 Å². The van der Waals surface area contributed by atoms with Crippen molar-refractivity contribution in [3.8, 4) is 0 Å². The number of carbonyl (C=O) groups is 1.